The second kappa shape index (κ2) is 6.80. The molecule has 0 spiro atoms. The van der Waals surface area contributed by atoms with Crippen LogP contribution in [0.1, 0.15) is 40.0 Å². The molecule has 0 saturated carbocycles. The molecular weight excluding hydrogens is 194 g/mol. The van der Waals surface area contributed by atoms with Crippen molar-refractivity contribution in [3.05, 3.63) is 0 Å². The largest absolute Gasteiger partial charge is 0.396 e. The van der Waals surface area contributed by atoms with Crippen LogP contribution in [0.3, 0.4) is 0 Å². The van der Waals surface area contributed by atoms with E-state index in [0.29, 0.717) is 0 Å². The van der Waals surface area contributed by atoms with Gasteiger partial charge in [-0.3, -0.25) is 4.79 Å². The topological polar surface area (TPSA) is 69.6 Å². The molecule has 4 nitrogen and oxygen atoms in total. The van der Waals surface area contributed by atoms with Crippen molar-refractivity contribution in [2.45, 2.75) is 45.6 Å². The molecule has 15 heavy (non-hydrogen) atoms. The predicted molar refractivity (Wildman–Crippen MR) is 59.4 cm³/mol. The van der Waals surface area contributed by atoms with Crippen molar-refractivity contribution >= 4 is 5.91 Å². The van der Waals surface area contributed by atoms with Gasteiger partial charge in [-0.05, 0) is 19.8 Å². The molecule has 0 aliphatic rings. The molecule has 1 atom stereocenters. The fourth-order valence-corrected chi connectivity index (χ4v) is 1.41. The monoisotopic (exact) mass is 217 g/mol. The van der Waals surface area contributed by atoms with Gasteiger partial charge in [0, 0.05) is 25.5 Å². The number of aliphatic hydroxyl groups is 2. The van der Waals surface area contributed by atoms with E-state index in [2.05, 4.69) is 5.32 Å². The molecule has 0 saturated heterocycles. The van der Waals surface area contributed by atoms with Gasteiger partial charge in [0.05, 0.1) is 5.60 Å². The normalized spacial score (nSPS) is 15.1. The van der Waals surface area contributed by atoms with Crippen molar-refractivity contribution in [3.63, 3.8) is 0 Å². The lowest BCUT2D eigenvalue weighted by molar-refractivity contribution is -0.126. The maximum Gasteiger partial charge on any atom is 0.223 e. The molecule has 3 N–H and O–H groups in total. The summed E-state index contributed by atoms with van der Waals surface area (Å²) in [5, 5.41) is 21.1. The van der Waals surface area contributed by atoms with Crippen molar-refractivity contribution in [2.75, 3.05) is 13.2 Å². The van der Waals surface area contributed by atoms with Gasteiger partial charge in [0.25, 0.3) is 0 Å². The lowest BCUT2D eigenvalue weighted by Gasteiger charge is -2.23. The molecule has 4 heteroatoms. The minimum atomic E-state index is -1.02. The van der Waals surface area contributed by atoms with Crippen molar-refractivity contribution in [3.8, 4) is 0 Å². The quantitative estimate of drug-likeness (QED) is 0.587. The van der Waals surface area contributed by atoms with E-state index in [1.165, 1.54) is 0 Å². The minimum Gasteiger partial charge on any atom is -0.396 e. The minimum absolute atomic E-state index is 0.0155. The van der Waals surface area contributed by atoms with Gasteiger partial charge in [0.15, 0.2) is 0 Å². The number of carbonyl (C=O) groups excluding carboxylic acids is 1. The summed E-state index contributed by atoms with van der Waals surface area (Å²) in [6.07, 6.45) is 1.89. The molecule has 0 rings (SSSR count). The highest BCUT2D eigenvalue weighted by Gasteiger charge is 2.22. The van der Waals surface area contributed by atoms with E-state index in [9.17, 15) is 9.90 Å². The Kier molecular flexibility index (Phi) is 6.52. The molecule has 0 bridgehead atoms. The Hall–Kier alpha value is -0.610. The zero-order valence-electron chi connectivity index (χ0n) is 9.92. The number of hydrogen-bond donors (Lipinski definition) is 3. The van der Waals surface area contributed by atoms with E-state index in [0.717, 1.165) is 12.8 Å². The van der Waals surface area contributed by atoms with Crippen LogP contribution in [0.15, 0.2) is 0 Å². The average molecular weight is 217 g/mol. The number of hydrogen-bond acceptors (Lipinski definition) is 3. The maximum absolute atomic E-state index is 11.6. The maximum atomic E-state index is 11.6. The van der Waals surface area contributed by atoms with Crippen LogP contribution in [0.25, 0.3) is 0 Å². The molecule has 0 aromatic carbocycles. The zero-order chi connectivity index (χ0) is 11.9. The van der Waals surface area contributed by atoms with Crippen molar-refractivity contribution in [2.24, 2.45) is 5.92 Å². The van der Waals surface area contributed by atoms with Gasteiger partial charge in [-0.2, -0.15) is 0 Å². The van der Waals surface area contributed by atoms with E-state index >= 15 is 0 Å². The lowest BCUT2D eigenvalue weighted by atomic mass is 10.0. The molecule has 0 aromatic heterocycles. The van der Waals surface area contributed by atoms with Crippen LogP contribution in [-0.2, 0) is 4.79 Å². The van der Waals surface area contributed by atoms with Crippen molar-refractivity contribution < 1.29 is 15.0 Å². The Morgan fingerprint density at radius 1 is 1.40 bits per heavy atom. The van der Waals surface area contributed by atoms with Crippen LogP contribution >= 0.6 is 0 Å². The van der Waals surface area contributed by atoms with Crippen LogP contribution in [0.4, 0.5) is 0 Å². The summed E-state index contributed by atoms with van der Waals surface area (Å²) < 4.78 is 0. The first-order valence-corrected chi connectivity index (χ1v) is 5.57. The van der Waals surface area contributed by atoms with E-state index in [4.69, 9.17) is 5.11 Å². The van der Waals surface area contributed by atoms with E-state index in [1.54, 1.807) is 6.92 Å². The number of aliphatic hydroxyl groups excluding tert-OH is 1. The first-order chi connectivity index (χ1) is 6.96. The van der Waals surface area contributed by atoms with Crippen LogP contribution in [0, 0.1) is 5.92 Å². The van der Waals surface area contributed by atoms with Gasteiger partial charge in [-0.15, -0.1) is 0 Å². The smallest absolute Gasteiger partial charge is 0.223 e. The Morgan fingerprint density at radius 3 is 2.33 bits per heavy atom. The summed E-state index contributed by atoms with van der Waals surface area (Å²) in [5.41, 5.74) is -1.02. The van der Waals surface area contributed by atoms with Crippen LogP contribution in [0.2, 0.25) is 0 Å². The Bertz CT molecular complexity index is 188. The molecule has 0 heterocycles. The Labute approximate surface area is 91.7 Å². The molecule has 0 radical (unpaired) electrons. The predicted octanol–water partition coefficient (Wildman–Crippen LogP) is 0.672. The molecule has 0 aromatic rings. The summed E-state index contributed by atoms with van der Waals surface area (Å²) in [6, 6.07) is 0. The van der Waals surface area contributed by atoms with Gasteiger partial charge >= 0.3 is 0 Å². The highest BCUT2D eigenvalue weighted by Crippen LogP contribution is 2.10. The number of nitrogens with one attached hydrogen (secondary N) is 1. The molecule has 0 aliphatic heterocycles. The van der Waals surface area contributed by atoms with E-state index < -0.39 is 5.60 Å². The third-order valence-electron chi connectivity index (χ3n) is 2.65. The van der Waals surface area contributed by atoms with Gasteiger partial charge in [0.1, 0.15) is 0 Å². The molecular formula is C11H23NO3. The van der Waals surface area contributed by atoms with Gasteiger partial charge < -0.3 is 15.5 Å². The van der Waals surface area contributed by atoms with E-state index in [1.807, 2.05) is 13.8 Å². The van der Waals surface area contributed by atoms with Crippen molar-refractivity contribution in [1.82, 2.24) is 5.32 Å². The molecule has 1 unspecified atom stereocenters. The van der Waals surface area contributed by atoms with Crippen LogP contribution < -0.4 is 5.32 Å². The lowest BCUT2D eigenvalue weighted by Crippen LogP contribution is -2.43. The van der Waals surface area contributed by atoms with Gasteiger partial charge in [0.2, 0.25) is 5.91 Å². The van der Waals surface area contributed by atoms with Crippen LogP contribution in [0.5, 0.6) is 0 Å². The zero-order valence-corrected chi connectivity index (χ0v) is 9.92. The summed E-state index contributed by atoms with van der Waals surface area (Å²) >= 11 is 0. The fraction of sp³-hybridized carbons (Fsp3) is 0.909. The number of amides is 1. The fourth-order valence-electron chi connectivity index (χ4n) is 1.41. The van der Waals surface area contributed by atoms with Crippen LogP contribution in [-0.4, -0.2) is 34.9 Å². The molecule has 0 fully saturated rings. The highest BCUT2D eigenvalue weighted by atomic mass is 16.3. The van der Waals surface area contributed by atoms with Crippen molar-refractivity contribution in [1.29, 1.82) is 0 Å². The standard InChI is InChI=1S/C11H23NO3/c1-4-9(5-2)10(14)12-8-11(3,15)6-7-13/h9,13,15H,4-8H2,1-3H3,(H,12,14). The van der Waals surface area contributed by atoms with Gasteiger partial charge in [-0.1, -0.05) is 13.8 Å². The molecule has 1 amide bonds. The SMILES string of the molecule is CCC(CC)C(=O)NCC(C)(O)CCO. The third-order valence-corrected chi connectivity index (χ3v) is 2.65. The summed E-state index contributed by atoms with van der Waals surface area (Å²) in [6.45, 7) is 5.67. The number of carbonyl (C=O) groups is 1. The molecule has 90 valence electrons. The summed E-state index contributed by atoms with van der Waals surface area (Å²) in [5.74, 6) is 0.00754. The van der Waals surface area contributed by atoms with E-state index in [-0.39, 0.29) is 31.4 Å². The van der Waals surface area contributed by atoms with Gasteiger partial charge in [-0.25, -0.2) is 0 Å². The first-order valence-electron chi connectivity index (χ1n) is 5.57. The third kappa shape index (κ3) is 5.74. The average Bonchev–Trinajstić information content (AvgIpc) is 2.17. The highest BCUT2D eigenvalue weighted by molar-refractivity contribution is 5.78. The summed E-state index contributed by atoms with van der Waals surface area (Å²) in [7, 11) is 0. The second-order valence-corrected chi connectivity index (χ2v) is 4.20. The Morgan fingerprint density at radius 2 is 1.93 bits per heavy atom. The molecule has 0 aliphatic carbocycles. The number of rotatable bonds is 7. The Balaban J connectivity index is 3.98. The summed E-state index contributed by atoms with van der Waals surface area (Å²) in [4.78, 5) is 11.6. The first kappa shape index (κ1) is 14.4. The second-order valence-electron chi connectivity index (χ2n) is 4.20.